The Bertz CT molecular complexity index is 925. The second-order valence-corrected chi connectivity index (χ2v) is 7.68. The van der Waals surface area contributed by atoms with Gasteiger partial charge in [-0.3, -0.25) is 9.88 Å². The van der Waals surface area contributed by atoms with Gasteiger partial charge in [-0.25, -0.2) is 15.0 Å². The number of hydrogen-bond acceptors (Lipinski definition) is 7. The van der Waals surface area contributed by atoms with Gasteiger partial charge in [0.2, 0.25) is 0 Å². The van der Waals surface area contributed by atoms with Gasteiger partial charge >= 0.3 is 0 Å². The number of nitrogens with one attached hydrogen (secondary N) is 1. The van der Waals surface area contributed by atoms with E-state index in [1.165, 1.54) is 0 Å². The molecule has 3 aromatic heterocycles. The Kier molecular flexibility index (Phi) is 6.49. The monoisotopic (exact) mass is 403 g/mol. The minimum absolute atomic E-state index is 0.288. The van der Waals surface area contributed by atoms with E-state index in [9.17, 15) is 0 Å². The first-order valence-corrected chi connectivity index (χ1v) is 10.6. The fraction of sp³-hybridized carbons (Fsp3) is 0.391. The van der Waals surface area contributed by atoms with Crippen LogP contribution in [0.1, 0.15) is 19.5 Å². The minimum atomic E-state index is 0.288. The topological polar surface area (TPSA) is 70.1 Å². The predicted molar refractivity (Wildman–Crippen MR) is 121 cm³/mol. The molecule has 0 saturated carbocycles. The molecule has 0 aromatic carbocycles. The van der Waals surface area contributed by atoms with E-state index in [-0.39, 0.29) is 6.04 Å². The molecule has 7 nitrogen and oxygen atoms in total. The molecule has 4 rings (SSSR count). The van der Waals surface area contributed by atoms with Crippen LogP contribution in [0, 0.1) is 0 Å². The second-order valence-electron chi connectivity index (χ2n) is 7.68. The zero-order chi connectivity index (χ0) is 20.8. The Labute approximate surface area is 178 Å². The van der Waals surface area contributed by atoms with E-state index in [0.717, 1.165) is 67.9 Å². The van der Waals surface area contributed by atoms with Gasteiger partial charge in [-0.05, 0) is 37.6 Å². The molecule has 0 spiro atoms. The summed E-state index contributed by atoms with van der Waals surface area (Å²) in [5.74, 6) is 2.70. The molecular weight excluding hydrogens is 374 g/mol. The van der Waals surface area contributed by atoms with Crippen LogP contribution in [-0.4, -0.2) is 63.6 Å². The van der Waals surface area contributed by atoms with Crippen LogP contribution in [0.5, 0.6) is 0 Å². The maximum absolute atomic E-state index is 4.75. The normalized spacial score (nSPS) is 15.7. The number of hydrogen-bond donors (Lipinski definition) is 1. The fourth-order valence-corrected chi connectivity index (χ4v) is 3.77. The molecule has 7 heteroatoms. The number of anilines is 2. The zero-order valence-corrected chi connectivity index (χ0v) is 17.7. The number of piperazine rings is 1. The van der Waals surface area contributed by atoms with Crippen LogP contribution in [-0.2, 0) is 6.42 Å². The summed E-state index contributed by atoms with van der Waals surface area (Å²) in [6.07, 6.45) is 6.29. The maximum Gasteiger partial charge on any atom is 0.161 e. The number of rotatable bonds is 7. The Morgan fingerprint density at radius 3 is 2.50 bits per heavy atom. The molecule has 0 amide bonds. The van der Waals surface area contributed by atoms with Crippen molar-refractivity contribution in [3.05, 3.63) is 60.7 Å². The van der Waals surface area contributed by atoms with Crippen molar-refractivity contribution in [1.29, 1.82) is 0 Å². The van der Waals surface area contributed by atoms with Gasteiger partial charge in [0.15, 0.2) is 5.82 Å². The van der Waals surface area contributed by atoms with Gasteiger partial charge in [0.05, 0.1) is 0 Å². The average Bonchev–Trinajstić information content (AvgIpc) is 2.80. The predicted octanol–water partition coefficient (Wildman–Crippen LogP) is 3.12. The Hall–Kier alpha value is -3.06. The summed E-state index contributed by atoms with van der Waals surface area (Å²) in [4.78, 5) is 22.9. The first-order chi connectivity index (χ1) is 14.7. The van der Waals surface area contributed by atoms with E-state index in [2.05, 4.69) is 56.0 Å². The highest BCUT2D eigenvalue weighted by molar-refractivity contribution is 5.57. The highest BCUT2D eigenvalue weighted by atomic mass is 15.3. The highest BCUT2D eigenvalue weighted by Crippen LogP contribution is 2.19. The molecule has 0 aliphatic carbocycles. The van der Waals surface area contributed by atoms with Crippen molar-refractivity contribution in [3.8, 4) is 11.4 Å². The summed E-state index contributed by atoms with van der Waals surface area (Å²) in [5, 5.41) is 3.58. The molecule has 1 aliphatic heterocycles. The molecule has 0 bridgehead atoms. The molecule has 0 radical (unpaired) electrons. The molecule has 4 heterocycles. The summed E-state index contributed by atoms with van der Waals surface area (Å²) in [6.45, 7) is 9.39. The lowest BCUT2D eigenvalue weighted by Crippen LogP contribution is -2.49. The van der Waals surface area contributed by atoms with Crippen LogP contribution in [0.2, 0.25) is 0 Å². The van der Waals surface area contributed by atoms with Crippen molar-refractivity contribution in [3.63, 3.8) is 0 Å². The molecule has 1 fully saturated rings. The van der Waals surface area contributed by atoms with Crippen molar-refractivity contribution >= 4 is 11.6 Å². The first kappa shape index (κ1) is 20.2. The number of nitrogens with zero attached hydrogens (tertiary/aromatic N) is 6. The van der Waals surface area contributed by atoms with E-state index in [1.54, 1.807) is 12.4 Å². The van der Waals surface area contributed by atoms with E-state index >= 15 is 0 Å². The van der Waals surface area contributed by atoms with Crippen LogP contribution in [0.3, 0.4) is 0 Å². The lowest BCUT2D eigenvalue weighted by molar-refractivity contribution is 0.250. The van der Waals surface area contributed by atoms with Gasteiger partial charge in [0.25, 0.3) is 0 Å². The third kappa shape index (κ3) is 5.10. The summed E-state index contributed by atoms with van der Waals surface area (Å²) >= 11 is 0. The fourth-order valence-electron chi connectivity index (χ4n) is 3.77. The van der Waals surface area contributed by atoms with Gasteiger partial charge in [0.1, 0.15) is 11.6 Å². The number of aryl methyl sites for hydroxylation is 1. The van der Waals surface area contributed by atoms with Crippen LogP contribution in [0.15, 0.2) is 55.0 Å². The molecule has 1 atom stereocenters. The number of aromatic nitrogens is 4. The second kappa shape index (κ2) is 9.63. The van der Waals surface area contributed by atoms with Crippen molar-refractivity contribution in [2.24, 2.45) is 0 Å². The molecule has 156 valence electrons. The average molecular weight is 404 g/mol. The molecule has 1 unspecified atom stereocenters. The summed E-state index contributed by atoms with van der Waals surface area (Å²) in [7, 11) is 0. The van der Waals surface area contributed by atoms with Gasteiger partial charge < -0.3 is 10.2 Å². The van der Waals surface area contributed by atoms with Gasteiger partial charge in [-0.2, -0.15) is 0 Å². The van der Waals surface area contributed by atoms with Gasteiger partial charge in [-0.1, -0.05) is 13.0 Å². The van der Waals surface area contributed by atoms with Gasteiger partial charge in [-0.15, -0.1) is 0 Å². The lowest BCUT2D eigenvalue weighted by atomic mass is 10.2. The van der Waals surface area contributed by atoms with Crippen LogP contribution >= 0.6 is 0 Å². The zero-order valence-electron chi connectivity index (χ0n) is 17.7. The number of pyridine rings is 2. The van der Waals surface area contributed by atoms with Crippen LogP contribution in [0.4, 0.5) is 11.6 Å². The SMILES string of the molecule is CCc1cc(NC(C)CN2CCN(c3ccccn3)CC2)nc(-c2ccncc2)n1. The van der Waals surface area contributed by atoms with E-state index in [4.69, 9.17) is 4.98 Å². The summed E-state index contributed by atoms with van der Waals surface area (Å²) < 4.78 is 0. The molecule has 1 aliphatic rings. The minimum Gasteiger partial charge on any atom is -0.366 e. The molecule has 1 N–H and O–H groups in total. The van der Waals surface area contributed by atoms with E-state index in [1.807, 2.05) is 30.5 Å². The molecular formula is C23H29N7. The smallest absolute Gasteiger partial charge is 0.161 e. The third-order valence-electron chi connectivity index (χ3n) is 5.35. The largest absolute Gasteiger partial charge is 0.366 e. The molecule has 1 saturated heterocycles. The van der Waals surface area contributed by atoms with Crippen LogP contribution < -0.4 is 10.2 Å². The quantitative estimate of drug-likeness (QED) is 0.650. The Morgan fingerprint density at radius 2 is 1.80 bits per heavy atom. The van der Waals surface area contributed by atoms with E-state index in [0.29, 0.717) is 0 Å². The molecule has 3 aromatic rings. The Morgan fingerprint density at radius 1 is 1.00 bits per heavy atom. The summed E-state index contributed by atoms with van der Waals surface area (Å²) in [5.41, 5.74) is 2.03. The summed E-state index contributed by atoms with van der Waals surface area (Å²) in [6, 6.07) is 12.3. The van der Waals surface area contributed by atoms with Crippen molar-refractivity contribution in [2.45, 2.75) is 26.3 Å². The third-order valence-corrected chi connectivity index (χ3v) is 5.35. The molecule has 30 heavy (non-hydrogen) atoms. The van der Waals surface area contributed by atoms with Crippen LogP contribution in [0.25, 0.3) is 11.4 Å². The Balaban J connectivity index is 1.36. The lowest BCUT2D eigenvalue weighted by Gasteiger charge is -2.36. The van der Waals surface area contributed by atoms with Crippen molar-refractivity contribution in [1.82, 2.24) is 24.8 Å². The van der Waals surface area contributed by atoms with Crippen molar-refractivity contribution < 1.29 is 0 Å². The highest BCUT2D eigenvalue weighted by Gasteiger charge is 2.19. The van der Waals surface area contributed by atoms with Crippen molar-refractivity contribution in [2.75, 3.05) is 42.9 Å². The maximum atomic E-state index is 4.75. The first-order valence-electron chi connectivity index (χ1n) is 10.6. The van der Waals surface area contributed by atoms with E-state index < -0.39 is 0 Å². The standard InChI is InChI=1S/C23H29N7/c1-3-20-16-21(28-23(27-20)19-7-10-24-11-8-19)26-18(2)17-29-12-14-30(15-13-29)22-6-4-5-9-25-22/h4-11,16,18H,3,12-15,17H2,1-2H3,(H,26,27,28). The van der Waals surface area contributed by atoms with Gasteiger partial charge in [0, 0.05) is 74.7 Å².